The molecule has 1 heterocycles. The molecule has 0 radical (unpaired) electrons. The highest BCUT2D eigenvalue weighted by Crippen LogP contribution is 2.22. The van der Waals surface area contributed by atoms with Crippen molar-refractivity contribution >= 4 is 29.9 Å². The lowest BCUT2D eigenvalue weighted by Crippen LogP contribution is -2.23. The number of hydrogen-bond acceptors (Lipinski definition) is 4. The number of nitrogens with one attached hydrogen (secondary N) is 2. The zero-order valence-corrected chi connectivity index (χ0v) is 13.6. The van der Waals surface area contributed by atoms with E-state index in [0.717, 1.165) is 5.56 Å². The number of hydrogen-bond donors (Lipinski definition) is 2. The highest BCUT2D eigenvalue weighted by atomic mass is 35.5. The topological polar surface area (TPSA) is 80.3 Å². The highest BCUT2D eigenvalue weighted by Gasteiger charge is 2.09. The molecule has 1 aromatic carbocycles. The first-order valence-corrected chi connectivity index (χ1v) is 6.73. The molecule has 2 aromatic rings. The maximum absolute atomic E-state index is 12.0. The van der Waals surface area contributed by atoms with Crippen molar-refractivity contribution < 1.29 is 14.3 Å². The number of aromatic nitrogens is 1. The van der Waals surface area contributed by atoms with Gasteiger partial charge >= 0.3 is 0 Å². The van der Waals surface area contributed by atoms with Crippen LogP contribution in [0.15, 0.2) is 42.7 Å². The number of halogens is 1. The van der Waals surface area contributed by atoms with Gasteiger partial charge in [0.2, 0.25) is 5.91 Å². The quantitative estimate of drug-likeness (QED) is 0.879. The molecule has 2 amide bonds. The van der Waals surface area contributed by atoms with Crippen molar-refractivity contribution in [1.82, 2.24) is 10.3 Å². The summed E-state index contributed by atoms with van der Waals surface area (Å²) in [4.78, 5) is 27.0. The Morgan fingerprint density at radius 1 is 1.17 bits per heavy atom. The Balaban J connectivity index is 0.00000264. The zero-order valence-electron chi connectivity index (χ0n) is 12.8. The maximum atomic E-state index is 12.0. The van der Waals surface area contributed by atoms with Gasteiger partial charge in [-0.15, -0.1) is 12.4 Å². The minimum Gasteiger partial charge on any atom is -0.496 e. The van der Waals surface area contributed by atoms with Gasteiger partial charge in [-0.25, -0.2) is 0 Å². The van der Waals surface area contributed by atoms with Crippen LogP contribution in [0.1, 0.15) is 22.8 Å². The lowest BCUT2D eigenvalue weighted by molar-refractivity contribution is -0.114. The van der Waals surface area contributed by atoms with Crippen LogP contribution < -0.4 is 15.4 Å². The van der Waals surface area contributed by atoms with Crippen LogP contribution in [0.25, 0.3) is 0 Å². The number of methoxy groups -OCH3 is 1. The van der Waals surface area contributed by atoms with Crippen LogP contribution in [0.2, 0.25) is 0 Å². The number of benzene rings is 1. The van der Waals surface area contributed by atoms with Gasteiger partial charge in [0.05, 0.1) is 7.11 Å². The van der Waals surface area contributed by atoms with Gasteiger partial charge in [0.15, 0.2) is 0 Å². The zero-order chi connectivity index (χ0) is 15.9. The molecule has 2 N–H and O–H groups in total. The fourth-order valence-corrected chi connectivity index (χ4v) is 1.98. The molecule has 122 valence electrons. The van der Waals surface area contributed by atoms with Gasteiger partial charge in [0.1, 0.15) is 5.75 Å². The fourth-order valence-electron chi connectivity index (χ4n) is 1.98. The van der Waals surface area contributed by atoms with E-state index >= 15 is 0 Å². The number of amides is 2. The van der Waals surface area contributed by atoms with E-state index in [2.05, 4.69) is 15.6 Å². The first-order valence-electron chi connectivity index (χ1n) is 6.73. The van der Waals surface area contributed by atoms with E-state index in [1.165, 1.54) is 6.92 Å². The lowest BCUT2D eigenvalue weighted by atomic mass is 10.1. The minimum atomic E-state index is -0.200. The average Bonchev–Trinajstić information content (AvgIpc) is 2.53. The molecule has 0 saturated carbocycles. The Morgan fingerprint density at radius 3 is 2.48 bits per heavy atom. The second-order valence-electron chi connectivity index (χ2n) is 4.63. The molecule has 0 aliphatic rings. The fraction of sp³-hybridized carbons (Fsp3) is 0.188. The van der Waals surface area contributed by atoms with Crippen LogP contribution in [-0.4, -0.2) is 23.9 Å². The van der Waals surface area contributed by atoms with Crippen LogP contribution in [0.3, 0.4) is 0 Å². The highest BCUT2D eigenvalue weighted by molar-refractivity contribution is 5.94. The Labute approximate surface area is 140 Å². The third-order valence-corrected chi connectivity index (χ3v) is 2.98. The van der Waals surface area contributed by atoms with Gasteiger partial charge < -0.3 is 15.4 Å². The summed E-state index contributed by atoms with van der Waals surface area (Å²) in [5, 5.41) is 5.51. The van der Waals surface area contributed by atoms with E-state index in [9.17, 15) is 9.59 Å². The molecule has 23 heavy (non-hydrogen) atoms. The molecular weight excluding hydrogens is 318 g/mol. The molecule has 0 aliphatic carbocycles. The summed E-state index contributed by atoms with van der Waals surface area (Å²) in [5.41, 5.74) is 1.96. The van der Waals surface area contributed by atoms with Gasteiger partial charge in [0, 0.05) is 42.7 Å². The van der Waals surface area contributed by atoms with Crippen molar-refractivity contribution in [1.29, 1.82) is 0 Å². The van der Waals surface area contributed by atoms with Crippen molar-refractivity contribution in [2.45, 2.75) is 13.5 Å². The van der Waals surface area contributed by atoms with E-state index < -0.39 is 0 Å². The average molecular weight is 336 g/mol. The summed E-state index contributed by atoms with van der Waals surface area (Å²) in [6.07, 6.45) is 3.12. The standard InChI is InChI=1S/C16H17N3O3.ClH/c1-11(20)19-14-3-4-15(22-2)13(9-14)10-18-16(21)12-5-7-17-8-6-12;/h3-9H,10H2,1-2H3,(H,18,21)(H,19,20);1H. The molecular formula is C16H18ClN3O3. The summed E-state index contributed by atoms with van der Waals surface area (Å²) in [6, 6.07) is 8.54. The number of ether oxygens (including phenoxy) is 1. The Kier molecular flexibility index (Phi) is 7.02. The number of nitrogens with zero attached hydrogens (tertiary/aromatic N) is 1. The molecule has 1 aromatic heterocycles. The summed E-state index contributed by atoms with van der Waals surface area (Å²) in [5.74, 6) is 0.287. The Bertz CT molecular complexity index is 678. The summed E-state index contributed by atoms with van der Waals surface area (Å²) in [6.45, 7) is 1.73. The Morgan fingerprint density at radius 2 is 1.87 bits per heavy atom. The second-order valence-corrected chi connectivity index (χ2v) is 4.63. The van der Waals surface area contributed by atoms with E-state index in [-0.39, 0.29) is 30.8 Å². The monoisotopic (exact) mass is 335 g/mol. The predicted molar refractivity (Wildman–Crippen MR) is 90.0 cm³/mol. The van der Waals surface area contributed by atoms with Crippen LogP contribution >= 0.6 is 12.4 Å². The van der Waals surface area contributed by atoms with Crippen molar-refractivity contribution in [2.24, 2.45) is 0 Å². The molecule has 6 nitrogen and oxygen atoms in total. The van der Waals surface area contributed by atoms with Gasteiger partial charge in [-0.2, -0.15) is 0 Å². The summed E-state index contributed by atoms with van der Waals surface area (Å²) >= 11 is 0. The SMILES string of the molecule is COc1ccc(NC(C)=O)cc1CNC(=O)c1ccncc1.Cl. The normalized spacial score (nSPS) is 9.48. The second kappa shape index (κ2) is 8.75. The van der Waals surface area contributed by atoms with E-state index in [1.807, 2.05) is 0 Å². The molecule has 0 aliphatic heterocycles. The third kappa shape index (κ3) is 5.27. The predicted octanol–water partition coefficient (Wildman–Crippen LogP) is 2.40. The largest absolute Gasteiger partial charge is 0.496 e. The first kappa shape index (κ1) is 18.4. The van der Waals surface area contributed by atoms with Crippen molar-refractivity contribution in [3.05, 3.63) is 53.9 Å². The molecule has 0 unspecified atom stereocenters. The number of pyridine rings is 1. The van der Waals surface area contributed by atoms with Crippen molar-refractivity contribution in [3.8, 4) is 5.75 Å². The molecule has 7 heteroatoms. The molecule has 0 bridgehead atoms. The van der Waals surface area contributed by atoms with Crippen LogP contribution in [0.4, 0.5) is 5.69 Å². The minimum absolute atomic E-state index is 0. The lowest BCUT2D eigenvalue weighted by Gasteiger charge is -2.12. The Hall–Kier alpha value is -2.60. The number of carbonyl (C=O) groups excluding carboxylic acids is 2. The van der Waals surface area contributed by atoms with Crippen molar-refractivity contribution in [2.75, 3.05) is 12.4 Å². The number of anilines is 1. The molecule has 0 fully saturated rings. The first-order chi connectivity index (χ1) is 10.6. The molecule has 0 atom stereocenters. The van der Waals surface area contributed by atoms with E-state index in [0.29, 0.717) is 17.0 Å². The van der Waals surface area contributed by atoms with Crippen LogP contribution in [0, 0.1) is 0 Å². The van der Waals surface area contributed by atoms with Gasteiger partial charge in [0.25, 0.3) is 5.91 Å². The molecule has 0 saturated heterocycles. The van der Waals surface area contributed by atoms with Gasteiger partial charge in [-0.05, 0) is 30.3 Å². The van der Waals surface area contributed by atoms with E-state index in [4.69, 9.17) is 4.74 Å². The van der Waals surface area contributed by atoms with Crippen molar-refractivity contribution in [3.63, 3.8) is 0 Å². The smallest absolute Gasteiger partial charge is 0.251 e. The molecule has 2 rings (SSSR count). The van der Waals surface area contributed by atoms with Crippen LogP contribution in [0.5, 0.6) is 5.75 Å². The maximum Gasteiger partial charge on any atom is 0.251 e. The van der Waals surface area contributed by atoms with Crippen LogP contribution in [-0.2, 0) is 11.3 Å². The summed E-state index contributed by atoms with van der Waals surface area (Å²) < 4.78 is 5.27. The summed E-state index contributed by atoms with van der Waals surface area (Å²) in [7, 11) is 1.56. The third-order valence-electron chi connectivity index (χ3n) is 2.98. The number of carbonyl (C=O) groups is 2. The molecule has 0 spiro atoms. The number of rotatable bonds is 5. The van der Waals surface area contributed by atoms with Gasteiger partial charge in [-0.1, -0.05) is 0 Å². The van der Waals surface area contributed by atoms with E-state index in [1.54, 1.807) is 49.8 Å². The van der Waals surface area contributed by atoms with Gasteiger partial charge in [-0.3, -0.25) is 14.6 Å².